The van der Waals surface area contributed by atoms with Gasteiger partial charge in [0.25, 0.3) is 0 Å². The van der Waals surface area contributed by atoms with Gasteiger partial charge >= 0.3 is 0 Å². The van der Waals surface area contributed by atoms with E-state index in [1.807, 2.05) is 12.1 Å². The van der Waals surface area contributed by atoms with Crippen molar-refractivity contribution in [2.75, 3.05) is 7.11 Å². The van der Waals surface area contributed by atoms with Crippen LogP contribution in [0.1, 0.15) is 16.8 Å². The molecule has 1 atom stereocenters. The normalized spacial score (nSPS) is 12.5. The van der Waals surface area contributed by atoms with E-state index in [0.29, 0.717) is 27.7 Å². The zero-order valence-electron chi connectivity index (χ0n) is 13.1. The first-order valence-electron chi connectivity index (χ1n) is 7.09. The number of hydrogen-bond donors (Lipinski definition) is 2. The van der Waals surface area contributed by atoms with Crippen LogP contribution < -0.4 is 10.2 Å². The summed E-state index contributed by atoms with van der Waals surface area (Å²) >= 11 is 0. The minimum absolute atomic E-state index is 0.0231. The third-order valence-electron chi connectivity index (χ3n) is 3.77. The Bertz CT molecular complexity index is 959. The molecule has 0 spiro atoms. The second-order valence-electron chi connectivity index (χ2n) is 5.32. The van der Waals surface area contributed by atoms with Gasteiger partial charge in [-0.3, -0.25) is 9.00 Å². The zero-order chi connectivity index (χ0) is 16.6. The highest BCUT2D eigenvalue weighted by atomic mass is 32.2. The lowest BCUT2D eigenvalue weighted by Gasteiger charge is -2.05. The largest absolute Gasteiger partial charge is 0.497 e. The van der Waals surface area contributed by atoms with Crippen molar-refractivity contribution in [2.45, 2.75) is 24.8 Å². The number of nitrogens with zero attached hydrogens (tertiary/aromatic N) is 1. The number of ether oxygens (including phenoxy) is 1. The number of nitrogens with one attached hydrogen (secondary N) is 2. The molecule has 0 fully saturated rings. The van der Waals surface area contributed by atoms with Crippen LogP contribution in [0.2, 0.25) is 0 Å². The summed E-state index contributed by atoms with van der Waals surface area (Å²) in [5.74, 6) is 0.912. The van der Waals surface area contributed by atoms with Crippen LogP contribution in [-0.4, -0.2) is 26.3 Å². The maximum absolute atomic E-state index is 12.6. The third kappa shape index (κ3) is 2.92. The predicted molar refractivity (Wildman–Crippen MR) is 89.3 cm³/mol. The van der Waals surface area contributed by atoms with Crippen molar-refractivity contribution in [3.63, 3.8) is 0 Å². The van der Waals surface area contributed by atoms with Crippen LogP contribution in [0, 0.1) is 13.8 Å². The van der Waals surface area contributed by atoms with Gasteiger partial charge in [0.2, 0.25) is 0 Å². The number of aryl methyl sites for hydroxylation is 1. The fourth-order valence-corrected chi connectivity index (χ4v) is 3.47. The number of hydrogen-bond acceptors (Lipinski definition) is 4. The summed E-state index contributed by atoms with van der Waals surface area (Å²) in [4.78, 5) is 22.4. The number of H-pyrrole nitrogens is 2. The Morgan fingerprint density at radius 1 is 1.30 bits per heavy atom. The third-order valence-corrected chi connectivity index (χ3v) is 4.95. The van der Waals surface area contributed by atoms with Gasteiger partial charge in [0.05, 0.1) is 34.7 Å². The summed E-state index contributed by atoms with van der Waals surface area (Å²) in [6.07, 6.45) is 1.64. The lowest BCUT2D eigenvalue weighted by Crippen LogP contribution is -2.14. The molecular weight excluding hydrogens is 314 g/mol. The van der Waals surface area contributed by atoms with Gasteiger partial charge in [-0.1, -0.05) is 0 Å². The fraction of sp³-hybridized carbons (Fsp3) is 0.250. The zero-order valence-corrected chi connectivity index (χ0v) is 13.9. The molecule has 0 amide bonds. The smallest absolute Gasteiger partial charge is 0.197 e. The molecule has 0 bridgehead atoms. The standard InChI is InChI=1S/C16H17N3O3S/c1-9-7-17-14(10(2)15(9)20)8-23(21)16-18-12-5-4-11(22-3)6-13(12)19-16/h4-7H,8H2,1-3H3,(H,17,20)(H,18,19). The molecule has 7 heteroatoms. The van der Waals surface area contributed by atoms with Crippen molar-refractivity contribution >= 4 is 21.8 Å². The molecule has 0 saturated heterocycles. The van der Waals surface area contributed by atoms with Crippen molar-refractivity contribution in [1.82, 2.24) is 15.0 Å². The first-order chi connectivity index (χ1) is 11.0. The Balaban J connectivity index is 1.92. The van der Waals surface area contributed by atoms with Crippen molar-refractivity contribution in [2.24, 2.45) is 0 Å². The molecule has 0 aliphatic carbocycles. The van der Waals surface area contributed by atoms with Crippen LogP contribution in [0.15, 0.2) is 34.3 Å². The highest BCUT2D eigenvalue weighted by Crippen LogP contribution is 2.20. The van der Waals surface area contributed by atoms with Gasteiger partial charge in [0.15, 0.2) is 10.6 Å². The lowest BCUT2D eigenvalue weighted by atomic mass is 10.2. The number of rotatable bonds is 4. The van der Waals surface area contributed by atoms with Gasteiger partial charge in [-0.25, -0.2) is 4.98 Å². The minimum atomic E-state index is -1.38. The van der Waals surface area contributed by atoms with E-state index >= 15 is 0 Å². The SMILES string of the molecule is COc1ccc2nc(S(=O)Cc3[nH]cc(C)c(=O)c3C)[nH]c2c1. The van der Waals surface area contributed by atoms with Crippen molar-refractivity contribution < 1.29 is 8.95 Å². The van der Waals surface area contributed by atoms with E-state index < -0.39 is 10.8 Å². The molecule has 0 aliphatic heterocycles. The maximum atomic E-state index is 12.6. The van der Waals surface area contributed by atoms with Crippen LogP contribution in [-0.2, 0) is 16.6 Å². The summed E-state index contributed by atoms with van der Waals surface area (Å²) in [5.41, 5.74) is 3.37. The molecule has 2 N–H and O–H groups in total. The molecule has 120 valence electrons. The Labute approximate surface area is 135 Å². The Morgan fingerprint density at radius 2 is 2.09 bits per heavy atom. The topological polar surface area (TPSA) is 87.8 Å². The van der Waals surface area contributed by atoms with E-state index in [-0.39, 0.29) is 11.2 Å². The van der Waals surface area contributed by atoms with E-state index in [9.17, 15) is 9.00 Å². The van der Waals surface area contributed by atoms with E-state index in [1.54, 1.807) is 33.2 Å². The quantitative estimate of drug-likeness (QED) is 0.767. The molecule has 1 unspecified atom stereocenters. The highest BCUT2D eigenvalue weighted by Gasteiger charge is 2.14. The van der Waals surface area contributed by atoms with Gasteiger partial charge in [0, 0.05) is 29.1 Å². The molecule has 2 aromatic heterocycles. The summed E-state index contributed by atoms with van der Waals surface area (Å²) in [7, 11) is 0.212. The Hall–Kier alpha value is -2.41. The molecule has 2 heterocycles. The van der Waals surface area contributed by atoms with E-state index in [1.165, 1.54) is 0 Å². The van der Waals surface area contributed by atoms with Gasteiger partial charge in [-0.05, 0) is 26.0 Å². The van der Waals surface area contributed by atoms with Crippen LogP contribution in [0.5, 0.6) is 5.75 Å². The van der Waals surface area contributed by atoms with Gasteiger partial charge in [-0.2, -0.15) is 0 Å². The summed E-state index contributed by atoms with van der Waals surface area (Å²) in [6.45, 7) is 3.49. The average molecular weight is 331 g/mol. The van der Waals surface area contributed by atoms with E-state index in [0.717, 1.165) is 11.0 Å². The summed E-state index contributed by atoms with van der Waals surface area (Å²) in [6, 6.07) is 5.42. The molecule has 23 heavy (non-hydrogen) atoms. The van der Waals surface area contributed by atoms with Crippen LogP contribution in [0.4, 0.5) is 0 Å². The Kier molecular flexibility index (Phi) is 4.04. The lowest BCUT2D eigenvalue weighted by molar-refractivity contribution is 0.415. The maximum Gasteiger partial charge on any atom is 0.197 e. The molecule has 0 aliphatic rings. The van der Waals surface area contributed by atoms with Crippen LogP contribution in [0.25, 0.3) is 11.0 Å². The number of aromatic nitrogens is 3. The molecule has 1 aromatic carbocycles. The van der Waals surface area contributed by atoms with E-state index in [4.69, 9.17) is 4.74 Å². The number of aromatic amines is 2. The molecule has 3 rings (SSSR count). The van der Waals surface area contributed by atoms with Gasteiger partial charge < -0.3 is 14.7 Å². The first kappa shape index (κ1) is 15.5. The highest BCUT2D eigenvalue weighted by molar-refractivity contribution is 7.84. The second-order valence-corrected chi connectivity index (χ2v) is 6.69. The molecule has 0 radical (unpaired) electrons. The number of benzene rings is 1. The van der Waals surface area contributed by atoms with Crippen molar-refractivity contribution in [3.05, 3.63) is 51.4 Å². The summed E-state index contributed by atoms with van der Waals surface area (Å²) in [5, 5.41) is 0.383. The molecule has 0 saturated carbocycles. The van der Waals surface area contributed by atoms with Crippen molar-refractivity contribution in [3.8, 4) is 5.75 Å². The molecule has 6 nitrogen and oxygen atoms in total. The average Bonchev–Trinajstić information content (AvgIpc) is 2.98. The number of imidazole rings is 1. The van der Waals surface area contributed by atoms with Gasteiger partial charge in [-0.15, -0.1) is 0 Å². The number of pyridine rings is 1. The first-order valence-corrected chi connectivity index (χ1v) is 8.41. The van der Waals surface area contributed by atoms with Crippen molar-refractivity contribution in [1.29, 1.82) is 0 Å². The molecular formula is C16H17N3O3S. The summed E-state index contributed by atoms with van der Waals surface area (Å²) < 4.78 is 17.7. The monoisotopic (exact) mass is 331 g/mol. The Morgan fingerprint density at radius 3 is 2.83 bits per heavy atom. The second kappa shape index (κ2) is 6.00. The number of fused-ring (bicyclic) bond motifs is 1. The minimum Gasteiger partial charge on any atom is -0.497 e. The predicted octanol–water partition coefficient (Wildman–Crippen LogP) is 2.18. The van der Waals surface area contributed by atoms with Crippen LogP contribution in [0.3, 0.4) is 0 Å². The molecule has 3 aromatic rings. The fourth-order valence-electron chi connectivity index (χ4n) is 2.35. The number of methoxy groups -OCH3 is 1. The van der Waals surface area contributed by atoms with Crippen LogP contribution >= 0.6 is 0 Å². The van der Waals surface area contributed by atoms with Gasteiger partial charge in [0.1, 0.15) is 5.75 Å². The van der Waals surface area contributed by atoms with E-state index in [2.05, 4.69) is 15.0 Å².